The zero-order valence-corrected chi connectivity index (χ0v) is 19.9. The van der Waals surface area contributed by atoms with Gasteiger partial charge in [-0.2, -0.15) is 0 Å². The molecule has 182 valence electrons. The van der Waals surface area contributed by atoms with Crippen molar-refractivity contribution in [1.29, 1.82) is 0 Å². The fraction of sp³-hybridized carbons (Fsp3) is 0.222. The van der Waals surface area contributed by atoms with Crippen molar-refractivity contribution in [3.8, 4) is 0 Å². The summed E-state index contributed by atoms with van der Waals surface area (Å²) in [6, 6.07) is 20.6. The standard InChI is InChI=1S/C27H26N2O.ClHO4/c1-3-13-24(14-4-1)28-18-22-11-7-9-20-17-21-10-8-12-23(27(21)30-26(20)22)19-29-25-15-5-2-6-16-25;2-1(3,4)5/h1-6,13-19,28H,7-12H2;(H,2,3,4,5)/b22-18+,29-19?;. The lowest BCUT2D eigenvalue weighted by molar-refractivity contribution is -2.00. The zero-order valence-electron chi connectivity index (χ0n) is 19.2. The van der Waals surface area contributed by atoms with Gasteiger partial charge in [-0.3, -0.25) is 0 Å². The molecular formula is C27H27ClN2O5. The van der Waals surface area contributed by atoms with E-state index in [1.165, 1.54) is 35.1 Å². The lowest BCUT2D eigenvalue weighted by Gasteiger charge is -2.31. The van der Waals surface area contributed by atoms with Gasteiger partial charge in [-0.25, -0.2) is 23.6 Å². The van der Waals surface area contributed by atoms with Gasteiger partial charge in [0.25, 0.3) is 0 Å². The molecule has 2 aromatic carbocycles. The van der Waals surface area contributed by atoms with Crippen molar-refractivity contribution in [2.45, 2.75) is 38.5 Å². The van der Waals surface area contributed by atoms with Crippen LogP contribution >= 0.6 is 0 Å². The van der Waals surface area contributed by atoms with Crippen LogP contribution in [0.5, 0.6) is 0 Å². The predicted octanol–water partition coefficient (Wildman–Crippen LogP) is 0.542. The average molecular weight is 495 g/mol. The van der Waals surface area contributed by atoms with Gasteiger partial charge in [-0.15, -0.1) is 10.2 Å². The van der Waals surface area contributed by atoms with Crippen molar-refractivity contribution in [2.24, 2.45) is 0 Å². The van der Waals surface area contributed by atoms with Crippen LogP contribution in [-0.2, 0) is 4.74 Å². The van der Waals surface area contributed by atoms with Crippen LogP contribution in [0.15, 0.2) is 107 Å². The molecule has 35 heavy (non-hydrogen) atoms. The second kappa shape index (κ2) is 11.5. The van der Waals surface area contributed by atoms with Gasteiger partial charge in [0.15, 0.2) is 6.21 Å². The molecule has 2 N–H and O–H groups in total. The Balaban J connectivity index is 0.000000527. The van der Waals surface area contributed by atoms with Crippen LogP contribution in [0.1, 0.15) is 38.5 Å². The van der Waals surface area contributed by atoms with Crippen molar-refractivity contribution in [1.82, 2.24) is 0 Å². The maximum Gasteiger partial charge on any atom is 0.203 e. The van der Waals surface area contributed by atoms with E-state index in [-0.39, 0.29) is 0 Å². The average Bonchev–Trinajstić information content (AvgIpc) is 2.85. The van der Waals surface area contributed by atoms with E-state index in [0.29, 0.717) is 0 Å². The van der Waals surface area contributed by atoms with Gasteiger partial charge in [0.2, 0.25) is 5.69 Å². The Bertz CT molecular complexity index is 1170. The Morgan fingerprint density at radius 3 is 2.17 bits per heavy atom. The second-order valence-corrected chi connectivity index (χ2v) is 9.16. The molecule has 0 unspecified atom stereocenters. The van der Waals surface area contributed by atoms with E-state index >= 15 is 0 Å². The molecule has 5 rings (SSSR count). The molecule has 0 radical (unpaired) electrons. The highest BCUT2D eigenvalue weighted by Crippen LogP contribution is 2.42. The first-order chi connectivity index (χ1) is 16.9. The van der Waals surface area contributed by atoms with Crippen LogP contribution in [0.4, 0.5) is 11.4 Å². The molecule has 0 spiro atoms. The van der Waals surface area contributed by atoms with Crippen LogP contribution in [0.25, 0.3) is 0 Å². The van der Waals surface area contributed by atoms with Gasteiger partial charge in [0, 0.05) is 29.6 Å². The first kappa shape index (κ1) is 24.9. The van der Waals surface area contributed by atoms with Crippen molar-refractivity contribution >= 4 is 17.6 Å². The summed E-state index contributed by atoms with van der Waals surface area (Å²) in [6.07, 6.45) is 13.2. The molecule has 0 fully saturated rings. The third-order valence-electron chi connectivity index (χ3n) is 5.88. The van der Waals surface area contributed by atoms with Gasteiger partial charge in [0.05, 0.1) is 5.57 Å². The summed E-state index contributed by atoms with van der Waals surface area (Å²) in [4.78, 5) is 3.44. The minimum Gasteiger partial charge on any atom is -0.456 e. The fourth-order valence-corrected chi connectivity index (χ4v) is 4.34. The number of rotatable bonds is 4. The number of anilines is 1. The third-order valence-corrected chi connectivity index (χ3v) is 5.88. The summed E-state index contributed by atoms with van der Waals surface area (Å²) >= 11 is 0. The van der Waals surface area contributed by atoms with Crippen molar-refractivity contribution in [3.63, 3.8) is 0 Å². The molecule has 0 saturated heterocycles. The first-order valence-corrected chi connectivity index (χ1v) is 12.7. The summed E-state index contributed by atoms with van der Waals surface area (Å²) in [7, 11) is -4.94. The first-order valence-electron chi connectivity index (χ1n) is 11.5. The largest absolute Gasteiger partial charge is 0.456 e. The van der Waals surface area contributed by atoms with E-state index in [0.717, 1.165) is 48.6 Å². The highest BCUT2D eigenvalue weighted by Gasteiger charge is 2.29. The maximum atomic E-state index is 8.49. The molecule has 0 amide bonds. The number of nitrogens with one attached hydrogen (secondary N) is 2. The molecular weight excluding hydrogens is 468 g/mol. The molecule has 1 aliphatic heterocycles. The van der Waals surface area contributed by atoms with Gasteiger partial charge >= 0.3 is 0 Å². The van der Waals surface area contributed by atoms with Crippen LogP contribution in [0, 0.1) is 10.2 Å². The summed E-state index contributed by atoms with van der Waals surface area (Å²) in [6.45, 7) is 0. The second-order valence-electron chi connectivity index (χ2n) is 8.40. The quantitative estimate of drug-likeness (QED) is 0.597. The number of ether oxygens (including phenoxy) is 1. The Hall–Kier alpha value is -3.20. The van der Waals surface area contributed by atoms with E-state index in [9.17, 15) is 0 Å². The number of fused-ring (bicyclic) bond motifs is 1. The molecule has 8 heteroatoms. The van der Waals surface area contributed by atoms with E-state index in [2.05, 4.69) is 53.1 Å². The molecule has 1 heterocycles. The van der Waals surface area contributed by atoms with Gasteiger partial charge < -0.3 is 10.1 Å². The summed E-state index contributed by atoms with van der Waals surface area (Å²) in [5, 5.41) is 3.44. The van der Waals surface area contributed by atoms with Crippen molar-refractivity contribution in [2.75, 3.05) is 5.32 Å². The van der Waals surface area contributed by atoms with E-state index in [1.54, 1.807) is 0 Å². The minimum atomic E-state index is -4.94. The Labute approximate surface area is 206 Å². The van der Waals surface area contributed by atoms with Crippen molar-refractivity contribution < 1.29 is 38.6 Å². The normalized spacial score (nSPS) is 18.9. The summed E-state index contributed by atoms with van der Waals surface area (Å²) in [5.41, 5.74) is 7.40. The smallest absolute Gasteiger partial charge is 0.203 e. The fourth-order valence-electron chi connectivity index (χ4n) is 4.34. The van der Waals surface area contributed by atoms with E-state index in [4.69, 9.17) is 23.4 Å². The number of benzene rings is 2. The minimum absolute atomic E-state index is 1.04. The number of hydrogen-bond donors (Lipinski definition) is 2. The van der Waals surface area contributed by atoms with Gasteiger partial charge in [0.1, 0.15) is 11.5 Å². The Kier molecular flexibility index (Phi) is 8.17. The van der Waals surface area contributed by atoms with Crippen LogP contribution < -0.4 is 28.9 Å². The Morgan fingerprint density at radius 1 is 0.800 bits per heavy atom. The van der Waals surface area contributed by atoms with Gasteiger partial charge in [-0.1, -0.05) is 36.4 Å². The lowest BCUT2D eigenvalue weighted by Crippen LogP contribution is -2.68. The third kappa shape index (κ3) is 7.39. The molecule has 0 bridgehead atoms. The van der Waals surface area contributed by atoms with Crippen molar-refractivity contribution in [3.05, 3.63) is 107 Å². The number of hydrogen-bond acceptors (Lipinski definition) is 6. The molecule has 7 nitrogen and oxygen atoms in total. The maximum absolute atomic E-state index is 8.49. The molecule has 2 aromatic rings. The monoisotopic (exact) mass is 494 g/mol. The number of para-hydroxylation sites is 2. The Morgan fingerprint density at radius 2 is 1.46 bits per heavy atom. The zero-order chi connectivity index (χ0) is 24.7. The van der Waals surface area contributed by atoms with E-state index in [1.807, 2.05) is 36.4 Å². The highest BCUT2D eigenvalue weighted by atomic mass is 35.7. The van der Waals surface area contributed by atoms with Crippen LogP contribution in [0.3, 0.4) is 0 Å². The predicted molar refractivity (Wildman–Crippen MR) is 122 cm³/mol. The van der Waals surface area contributed by atoms with Gasteiger partial charge in [-0.05, 0) is 67.9 Å². The summed E-state index contributed by atoms with van der Waals surface area (Å²) < 4.78 is 40.6. The number of halogens is 1. The number of allylic oxidation sites excluding steroid dienone is 5. The summed E-state index contributed by atoms with van der Waals surface area (Å²) in [5.74, 6) is 2.10. The highest BCUT2D eigenvalue weighted by molar-refractivity contribution is 5.78. The lowest BCUT2D eigenvalue weighted by atomic mass is 9.86. The van der Waals surface area contributed by atoms with Crippen LogP contribution in [-0.4, -0.2) is 6.21 Å². The molecule has 0 aromatic heterocycles. The molecule has 3 aliphatic rings. The van der Waals surface area contributed by atoms with E-state index < -0.39 is 10.2 Å². The SMILES string of the molecule is C(=[NH+]c1ccccc1)C1=C2OC3=C(C=C2CCC1)CCC/C3=C\Nc1ccccc1.[O-][Cl+3]([O-])([O-])[O-]. The van der Waals surface area contributed by atoms with Crippen LogP contribution in [0.2, 0.25) is 0 Å². The molecule has 0 atom stereocenters. The molecule has 2 aliphatic carbocycles. The topological polar surface area (TPSA) is 127 Å². The molecule has 0 saturated carbocycles.